The van der Waals surface area contributed by atoms with E-state index in [1.165, 1.54) is 20.1 Å². The second-order valence-electron chi connectivity index (χ2n) is 3.92. The minimum Gasteiger partial charge on any atom is -0.383 e. The van der Waals surface area contributed by atoms with E-state index in [-0.39, 0.29) is 12.5 Å². The maximum Gasteiger partial charge on any atom is 0.243 e. The van der Waals surface area contributed by atoms with Crippen molar-refractivity contribution in [3.05, 3.63) is 23.2 Å². The van der Waals surface area contributed by atoms with Crippen LogP contribution >= 0.6 is 11.6 Å². The minimum atomic E-state index is -0.797. The number of nitrogens with one attached hydrogen (secondary N) is 2. The molecular formula is C12H16ClN3O3. The van der Waals surface area contributed by atoms with Gasteiger partial charge < -0.3 is 21.1 Å². The molecule has 2 amide bonds. The van der Waals surface area contributed by atoms with E-state index >= 15 is 0 Å². The molecule has 19 heavy (non-hydrogen) atoms. The number of methoxy groups -OCH3 is 1. The molecule has 0 spiro atoms. The van der Waals surface area contributed by atoms with E-state index in [1.54, 1.807) is 12.1 Å². The number of benzene rings is 1. The summed E-state index contributed by atoms with van der Waals surface area (Å²) in [5.74, 6) is -0.672. The summed E-state index contributed by atoms with van der Waals surface area (Å²) in [5, 5.41) is 5.63. The summed E-state index contributed by atoms with van der Waals surface area (Å²) in [6.07, 6.45) is 0. The van der Waals surface area contributed by atoms with E-state index in [4.69, 9.17) is 22.1 Å². The topological polar surface area (TPSA) is 93.4 Å². The van der Waals surface area contributed by atoms with Gasteiger partial charge in [0.05, 0.1) is 18.0 Å². The van der Waals surface area contributed by atoms with Crippen LogP contribution in [0.25, 0.3) is 0 Å². The quantitative estimate of drug-likeness (QED) is 0.758. The van der Waals surface area contributed by atoms with E-state index in [1.807, 2.05) is 0 Å². The van der Waals surface area contributed by atoms with Crippen LogP contribution in [-0.2, 0) is 14.3 Å². The highest BCUT2D eigenvalue weighted by atomic mass is 35.5. The van der Waals surface area contributed by atoms with Crippen molar-refractivity contribution in [3.8, 4) is 0 Å². The van der Waals surface area contributed by atoms with Gasteiger partial charge in [-0.1, -0.05) is 11.6 Å². The van der Waals surface area contributed by atoms with Crippen molar-refractivity contribution in [2.75, 3.05) is 24.4 Å². The van der Waals surface area contributed by atoms with Gasteiger partial charge in [-0.2, -0.15) is 0 Å². The molecule has 0 aliphatic rings. The first-order valence-electron chi connectivity index (χ1n) is 5.56. The van der Waals surface area contributed by atoms with Gasteiger partial charge in [0.15, 0.2) is 0 Å². The Morgan fingerprint density at radius 1 is 1.37 bits per heavy atom. The van der Waals surface area contributed by atoms with Crippen molar-refractivity contribution in [3.63, 3.8) is 0 Å². The normalized spacial score (nSPS) is 11.8. The van der Waals surface area contributed by atoms with Crippen LogP contribution in [0.2, 0.25) is 5.02 Å². The average molecular weight is 286 g/mol. The first-order valence-corrected chi connectivity index (χ1v) is 5.94. The number of amides is 2. The van der Waals surface area contributed by atoms with Crippen LogP contribution < -0.4 is 16.4 Å². The zero-order valence-electron chi connectivity index (χ0n) is 10.7. The van der Waals surface area contributed by atoms with Crippen molar-refractivity contribution in [1.29, 1.82) is 0 Å². The lowest BCUT2D eigenvalue weighted by atomic mass is 10.2. The Bertz CT molecular complexity index is 479. The Kier molecular flexibility index (Phi) is 5.75. The number of anilines is 2. The number of rotatable bonds is 5. The van der Waals surface area contributed by atoms with Crippen molar-refractivity contribution in [2.45, 2.75) is 13.0 Å². The Balaban J connectivity index is 2.89. The Labute approximate surface area is 116 Å². The maximum atomic E-state index is 11.8. The fraction of sp³-hybridized carbons (Fsp3) is 0.333. The molecular weight excluding hydrogens is 270 g/mol. The van der Waals surface area contributed by atoms with Crippen LogP contribution in [0.5, 0.6) is 0 Å². The molecule has 1 atom stereocenters. The van der Waals surface area contributed by atoms with Gasteiger partial charge in [-0.15, -0.1) is 0 Å². The SMILES string of the molecule is COCC(N)C(=O)Nc1cc(Cl)ccc1NC(C)=O. The van der Waals surface area contributed by atoms with Gasteiger partial charge in [0.1, 0.15) is 6.04 Å². The summed E-state index contributed by atoms with van der Waals surface area (Å²) in [7, 11) is 1.45. The number of hydrogen-bond donors (Lipinski definition) is 3. The highest BCUT2D eigenvalue weighted by Gasteiger charge is 2.15. The molecule has 7 heteroatoms. The van der Waals surface area contributed by atoms with Crippen LogP contribution in [0.1, 0.15) is 6.92 Å². The van der Waals surface area contributed by atoms with E-state index in [0.717, 1.165) is 0 Å². The summed E-state index contributed by atoms with van der Waals surface area (Å²) in [6, 6.07) is 3.94. The minimum absolute atomic E-state index is 0.0991. The largest absolute Gasteiger partial charge is 0.383 e. The van der Waals surface area contributed by atoms with E-state index in [9.17, 15) is 9.59 Å². The molecule has 0 fully saturated rings. The van der Waals surface area contributed by atoms with E-state index in [0.29, 0.717) is 16.4 Å². The van der Waals surface area contributed by atoms with Crippen LogP contribution in [0.15, 0.2) is 18.2 Å². The van der Waals surface area contributed by atoms with Gasteiger partial charge in [-0.05, 0) is 18.2 Å². The summed E-state index contributed by atoms with van der Waals surface area (Å²) in [6.45, 7) is 1.47. The number of halogens is 1. The molecule has 104 valence electrons. The third-order valence-electron chi connectivity index (χ3n) is 2.23. The molecule has 1 rings (SSSR count). The molecule has 0 bridgehead atoms. The molecule has 1 unspecified atom stereocenters. The predicted molar refractivity (Wildman–Crippen MR) is 74.2 cm³/mol. The molecule has 0 aliphatic heterocycles. The Morgan fingerprint density at radius 3 is 2.63 bits per heavy atom. The summed E-state index contributed by atoms with van der Waals surface area (Å²) in [5.41, 5.74) is 6.45. The standard InChI is InChI=1S/C12H16ClN3O3/c1-7(17)15-10-4-3-8(13)5-11(10)16-12(18)9(14)6-19-2/h3-5,9H,6,14H2,1-2H3,(H,15,17)(H,16,18). The number of hydrogen-bond acceptors (Lipinski definition) is 4. The number of ether oxygens (including phenoxy) is 1. The third kappa shape index (κ3) is 4.86. The number of nitrogens with two attached hydrogens (primary N) is 1. The summed E-state index contributed by atoms with van der Waals surface area (Å²) >= 11 is 5.86. The van der Waals surface area contributed by atoms with Gasteiger partial charge >= 0.3 is 0 Å². The van der Waals surface area contributed by atoms with Crippen LogP contribution in [-0.4, -0.2) is 31.6 Å². The number of carbonyl (C=O) groups excluding carboxylic acids is 2. The monoisotopic (exact) mass is 285 g/mol. The van der Waals surface area contributed by atoms with Gasteiger partial charge in [-0.25, -0.2) is 0 Å². The van der Waals surface area contributed by atoms with Gasteiger partial charge in [0.25, 0.3) is 0 Å². The first-order chi connectivity index (χ1) is 8.93. The van der Waals surface area contributed by atoms with Crippen molar-refractivity contribution in [1.82, 2.24) is 0 Å². The van der Waals surface area contributed by atoms with E-state index in [2.05, 4.69) is 10.6 Å². The molecule has 0 saturated heterocycles. The lowest BCUT2D eigenvalue weighted by molar-refractivity contribution is -0.118. The van der Waals surface area contributed by atoms with Crippen LogP contribution in [0.3, 0.4) is 0 Å². The second-order valence-corrected chi connectivity index (χ2v) is 4.36. The molecule has 1 aromatic carbocycles. The Hall–Kier alpha value is -1.63. The third-order valence-corrected chi connectivity index (χ3v) is 2.47. The molecule has 4 N–H and O–H groups in total. The van der Waals surface area contributed by atoms with Crippen molar-refractivity contribution < 1.29 is 14.3 Å². The fourth-order valence-electron chi connectivity index (χ4n) is 1.40. The zero-order valence-corrected chi connectivity index (χ0v) is 11.5. The smallest absolute Gasteiger partial charge is 0.243 e. The number of carbonyl (C=O) groups is 2. The second kappa shape index (κ2) is 7.08. The van der Waals surface area contributed by atoms with Crippen LogP contribution in [0.4, 0.5) is 11.4 Å². The Morgan fingerprint density at radius 2 is 2.05 bits per heavy atom. The lowest BCUT2D eigenvalue weighted by Crippen LogP contribution is -2.39. The lowest BCUT2D eigenvalue weighted by Gasteiger charge is -2.14. The van der Waals surface area contributed by atoms with Gasteiger partial charge in [0.2, 0.25) is 11.8 Å². The summed E-state index contributed by atoms with van der Waals surface area (Å²) < 4.78 is 4.80. The predicted octanol–water partition coefficient (Wildman–Crippen LogP) is 1.21. The molecule has 1 aromatic rings. The zero-order chi connectivity index (χ0) is 14.4. The van der Waals surface area contributed by atoms with Gasteiger partial charge in [0, 0.05) is 19.1 Å². The van der Waals surface area contributed by atoms with Crippen molar-refractivity contribution in [2.24, 2.45) is 5.73 Å². The maximum absolute atomic E-state index is 11.8. The van der Waals surface area contributed by atoms with Gasteiger partial charge in [-0.3, -0.25) is 9.59 Å². The van der Waals surface area contributed by atoms with E-state index < -0.39 is 11.9 Å². The molecule has 0 aromatic heterocycles. The fourth-order valence-corrected chi connectivity index (χ4v) is 1.57. The average Bonchev–Trinajstić information content (AvgIpc) is 2.32. The molecule has 0 radical (unpaired) electrons. The van der Waals surface area contributed by atoms with Crippen molar-refractivity contribution >= 4 is 34.8 Å². The highest BCUT2D eigenvalue weighted by Crippen LogP contribution is 2.25. The summed E-state index contributed by atoms with van der Waals surface area (Å²) in [4.78, 5) is 22.9. The highest BCUT2D eigenvalue weighted by molar-refractivity contribution is 6.31. The molecule has 0 heterocycles. The molecule has 0 saturated carbocycles. The molecule has 0 aliphatic carbocycles. The molecule has 6 nitrogen and oxygen atoms in total. The van der Waals surface area contributed by atoms with Crippen LogP contribution in [0, 0.1) is 0 Å². The first kappa shape index (κ1) is 15.4.